The molecular formula is C22H31N3O2S. The molecule has 1 aromatic heterocycles. The molecule has 4 saturated heterocycles. The highest BCUT2D eigenvalue weighted by Crippen LogP contribution is 2.38. The standard InChI is InChI=1S/C22H31N3O2S/c26-22-16(11-24-13-20-8-19(24)14-27-20)1-2-21-17-7-15(10-25(21)22)9-23(12-17)18-3-5-28-6-4-18/h1-2,15,17-20H,3-14H2/t15-,17+,19+,20+/m0/s1. The van der Waals surface area contributed by atoms with Crippen LogP contribution in [-0.2, 0) is 17.8 Å². The minimum atomic E-state index is 0.276. The van der Waals surface area contributed by atoms with Crippen molar-refractivity contribution in [2.45, 2.75) is 62.9 Å². The second-order valence-electron chi connectivity index (χ2n) is 9.57. The van der Waals surface area contributed by atoms with E-state index >= 15 is 0 Å². The van der Waals surface area contributed by atoms with Gasteiger partial charge in [-0.2, -0.15) is 11.8 Å². The molecule has 5 aliphatic rings. The molecule has 6 heterocycles. The van der Waals surface area contributed by atoms with E-state index in [4.69, 9.17) is 4.74 Å². The number of piperidine rings is 1. The fourth-order valence-corrected chi connectivity index (χ4v) is 7.47. The summed E-state index contributed by atoms with van der Waals surface area (Å²) in [5.41, 5.74) is 2.56. The Hall–Kier alpha value is -0.820. The zero-order valence-corrected chi connectivity index (χ0v) is 17.4. The summed E-state index contributed by atoms with van der Waals surface area (Å²) in [4.78, 5) is 18.5. The van der Waals surface area contributed by atoms with Gasteiger partial charge in [0.05, 0.1) is 12.7 Å². The first kappa shape index (κ1) is 18.0. The van der Waals surface area contributed by atoms with Crippen LogP contribution in [0.4, 0.5) is 0 Å². The van der Waals surface area contributed by atoms with Crippen LogP contribution in [0, 0.1) is 5.92 Å². The van der Waals surface area contributed by atoms with Gasteiger partial charge >= 0.3 is 0 Å². The SMILES string of the molecule is O=c1c(CN2C[C@H]3C[C@@H]2CO3)ccc2n1C[C@H]1C[C@@H]2CN(C2CCSCC2)C1. The summed E-state index contributed by atoms with van der Waals surface area (Å²) >= 11 is 2.11. The Kier molecular flexibility index (Phi) is 4.59. The number of thioether (sulfide) groups is 1. The molecule has 6 heteroatoms. The van der Waals surface area contributed by atoms with E-state index in [2.05, 4.69) is 38.3 Å². The predicted octanol–water partition coefficient (Wildman–Crippen LogP) is 2.14. The Morgan fingerprint density at radius 2 is 1.93 bits per heavy atom. The number of nitrogens with zero attached hydrogens (tertiary/aromatic N) is 3. The van der Waals surface area contributed by atoms with E-state index < -0.39 is 0 Å². The van der Waals surface area contributed by atoms with Crippen molar-refractivity contribution in [3.8, 4) is 0 Å². The monoisotopic (exact) mass is 401 g/mol. The maximum absolute atomic E-state index is 13.3. The third kappa shape index (κ3) is 3.08. The van der Waals surface area contributed by atoms with Crippen molar-refractivity contribution in [2.75, 3.05) is 37.7 Å². The molecule has 5 aliphatic heterocycles. The largest absolute Gasteiger partial charge is 0.375 e. The molecule has 152 valence electrons. The molecule has 0 N–H and O–H groups in total. The van der Waals surface area contributed by atoms with Gasteiger partial charge in [0, 0.05) is 62.0 Å². The van der Waals surface area contributed by atoms with Crippen molar-refractivity contribution in [3.63, 3.8) is 0 Å². The quantitative estimate of drug-likeness (QED) is 0.776. The summed E-state index contributed by atoms with van der Waals surface area (Å²) in [6.45, 7) is 5.89. The topological polar surface area (TPSA) is 37.7 Å². The van der Waals surface area contributed by atoms with E-state index in [9.17, 15) is 4.79 Å². The molecule has 0 spiro atoms. The van der Waals surface area contributed by atoms with Gasteiger partial charge in [-0.3, -0.25) is 14.6 Å². The lowest BCUT2D eigenvalue weighted by Gasteiger charge is -2.46. The van der Waals surface area contributed by atoms with Crippen LogP contribution < -0.4 is 5.56 Å². The Morgan fingerprint density at radius 1 is 1.04 bits per heavy atom. The van der Waals surface area contributed by atoms with Crippen LogP contribution in [0.15, 0.2) is 16.9 Å². The summed E-state index contributed by atoms with van der Waals surface area (Å²) in [5, 5.41) is 0. The van der Waals surface area contributed by atoms with Gasteiger partial charge in [-0.1, -0.05) is 6.07 Å². The smallest absolute Gasteiger partial charge is 0.255 e. The first-order valence-corrected chi connectivity index (χ1v) is 12.3. The van der Waals surface area contributed by atoms with E-state index in [0.29, 0.717) is 24.0 Å². The average Bonchev–Trinajstić information content (AvgIpc) is 3.34. The Labute approximate surface area is 171 Å². The van der Waals surface area contributed by atoms with Gasteiger partial charge in [-0.05, 0) is 49.2 Å². The lowest BCUT2D eigenvalue weighted by atomic mass is 9.82. The number of pyridine rings is 1. The third-order valence-electron chi connectivity index (χ3n) is 7.81. The van der Waals surface area contributed by atoms with Crippen LogP contribution in [0.3, 0.4) is 0 Å². The molecule has 0 radical (unpaired) electrons. The molecule has 0 unspecified atom stereocenters. The summed E-state index contributed by atoms with van der Waals surface area (Å²) in [7, 11) is 0. The van der Waals surface area contributed by atoms with Crippen molar-refractivity contribution in [1.82, 2.24) is 14.4 Å². The van der Waals surface area contributed by atoms with Gasteiger partial charge in [0.15, 0.2) is 0 Å². The summed E-state index contributed by atoms with van der Waals surface area (Å²) in [6, 6.07) is 5.71. The van der Waals surface area contributed by atoms with Gasteiger partial charge in [-0.25, -0.2) is 0 Å². The highest BCUT2D eigenvalue weighted by atomic mass is 32.2. The van der Waals surface area contributed by atoms with E-state index in [0.717, 1.165) is 50.8 Å². The lowest BCUT2D eigenvalue weighted by Crippen LogP contribution is -2.51. The number of hydrogen-bond acceptors (Lipinski definition) is 5. The summed E-state index contributed by atoms with van der Waals surface area (Å²) in [5.74, 6) is 3.82. The van der Waals surface area contributed by atoms with Crippen molar-refractivity contribution >= 4 is 11.8 Å². The fraction of sp³-hybridized carbons (Fsp3) is 0.773. The number of likely N-dealkylation sites (tertiary alicyclic amines) is 2. The number of fused-ring (bicyclic) bond motifs is 6. The average molecular weight is 402 g/mol. The molecule has 1 aromatic rings. The third-order valence-corrected chi connectivity index (χ3v) is 8.85. The zero-order valence-electron chi connectivity index (χ0n) is 16.6. The van der Waals surface area contributed by atoms with Crippen molar-refractivity contribution < 1.29 is 4.74 Å². The normalized spacial score (nSPS) is 36.0. The molecular weight excluding hydrogens is 370 g/mol. The highest BCUT2D eigenvalue weighted by Gasteiger charge is 2.40. The molecule has 6 rings (SSSR count). The number of aromatic nitrogens is 1. The van der Waals surface area contributed by atoms with E-state index in [1.54, 1.807) is 0 Å². The molecule has 0 saturated carbocycles. The van der Waals surface area contributed by atoms with E-state index in [1.807, 2.05) is 0 Å². The Balaban J connectivity index is 1.23. The van der Waals surface area contributed by atoms with E-state index in [-0.39, 0.29) is 5.56 Å². The van der Waals surface area contributed by atoms with Crippen molar-refractivity contribution in [1.29, 1.82) is 0 Å². The van der Waals surface area contributed by atoms with Crippen LogP contribution in [0.1, 0.15) is 42.9 Å². The van der Waals surface area contributed by atoms with Gasteiger partial charge in [0.1, 0.15) is 0 Å². The second kappa shape index (κ2) is 7.15. The molecule has 4 atom stereocenters. The van der Waals surface area contributed by atoms with Gasteiger partial charge < -0.3 is 9.30 Å². The lowest BCUT2D eigenvalue weighted by molar-refractivity contribution is 0.0270. The molecule has 4 fully saturated rings. The minimum absolute atomic E-state index is 0.276. The van der Waals surface area contributed by atoms with Crippen LogP contribution in [0.25, 0.3) is 0 Å². The van der Waals surface area contributed by atoms with Crippen molar-refractivity contribution in [2.24, 2.45) is 5.92 Å². The fourth-order valence-electron chi connectivity index (χ4n) is 6.39. The van der Waals surface area contributed by atoms with Crippen LogP contribution >= 0.6 is 11.8 Å². The maximum atomic E-state index is 13.3. The number of hydrogen-bond donors (Lipinski definition) is 0. The maximum Gasteiger partial charge on any atom is 0.255 e. The van der Waals surface area contributed by atoms with Gasteiger partial charge in [-0.15, -0.1) is 0 Å². The molecule has 0 aliphatic carbocycles. The van der Waals surface area contributed by atoms with Crippen molar-refractivity contribution in [3.05, 3.63) is 33.7 Å². The van der Waals surface area contributed by atoms with Crippen LogP contribution in [0.5, 0.6) is 0 Å². The van der Waals surface area contributed by atoms with Crippen LogP contribution in [-0.4, -0.2) is 70.3 Å². The van der Waals surface area contributed by atoms with Gasteiger partial charge in [0.25, 0.3) is 5.56 Å². The number of ether oxygens (including phenoxy) is 1. The predicted molar refractivity (Wildman–Crippen MR) is 112 cm³/mol. The molecule has 4 bridgehead atoms. The molecule has 0 aromatic carbocycles. The summed E-state index contributed by atoms with van der Waals surface area (Å²) < 4.78 is 7.87. The second-order valence-corrected chi connectivity index (χ2v) is 10.8. The Bertz CT molecular complexity index is 805. The zero-order chi connectivity index (χ0) is 18.7. The Morgan fingerprint density at radius 3 is 2.71 bits per heavy atom. The minimum Gasteiger partial charge on any atom is -0.375 e. The highest BCUT2D eigenvalue weighted by molar-refractivity contribution is 7.99. The number of morpholine rings is 1. The molecule has 5 nitrogen and oxygen atoms in total. The van der Waals surface area contributed by atoms with Gasteiger partial charge in [0.2, 0.25) is 0 Å². The molecule has 28 heavy (non-hydrogen) atoms. The first-order chi connectivity index (χ1) is 13.7. The van der Waals surface area contributed by atoms with Crippen LogP contribution in [0.2, 0.25) is 0 Å². The van der Waals surface area contributed by atoms with E-state index in [1.165, 1.54) is 43.0 Å². The molecule has 0 amide bonds. The first-order valence-electron chi connectivity index (χ1n) is 11.1. The summed E-state index contributed by atoms with van der Waals surface area (Å²) in [6.07, 6.45) is 5.50. The number of rotatable bonds is 3.